The lowest BCUT2D eigenvalue weighted by atomic mass is 10.2. The molecule has 1 aliphatic heterocycles. The third kappa shape index (κ3) is 4.11. The normalized spacial score (nSPS) is 16.8. The zero-order chi connectivity index (χ0) is 14.2. The first-order valence-corrected chi connectivity index (χ1v) is 6.65. The SMILES string of the molecule is COCCOCCNC(=O)C1CNc2ccccc2O1. The van der Waals surface area contributed by atoms with E-state index in [1.807, 2.05) is 24.3 Å². The summed E-state index contributed by atoms with van der Waals surface area (Å²) >= 11 is 0. The number of fused-ring (bicyclic) bond motifs is 1. The molecule has 1 atom stereocenters. The molecule has 0 aromatic heterocycles. The molecule has 2 N–H and O–H groups in total. The van der Waals surface area contributed by atoms with Crippen molar-refractivity contribution in [3.05, 3.63) is 24.3 Å². The highest BCUT2D eigenvalue weighted by Crippen LogP contribution is 2.27. The molecule has 1 aromatic rings. The number of hydrogen-bond donors (Lipinski definition) is 2. The standard InChI is InChI=1S/C14H20N2O4/c1-18-8-9-19-7-6-15-14(17)13-10-16-11-4-2-3-5-12(11)20-13/h2-5,13,16H,6-10H2,1H3,(H,15,17). The lowest BCUT2D eigenvalue weighted by Crippen LogP contribution is -2.45. The van der Waals surface area contributed by atoms with E-state index in [0.29, 0.717) is 38.7 Å². The molecule has 0 spiro atoms. The summed E-state index contributed by atoms with van der Waals surface area (Å²) in [5.74, 6) is 0.567. The predicted octanol–water partition coefficient (Wildman–Crippen LogP) is 0.639. The summed E-state index contributed by atoms with van der Waals surface area (Å²) in [6.45, 7) is 2.48. The molecular formula is C14H20N2O4. The molecule has 1 unspecified atom stereocenters. The van der Waals surface area contributed by atoms with E-state index in [1.54, 1.807) is 7.11 Å². The summed E-state index contributed by atoms with van der Waals surface area (Å²) < 4.78 is 15.8. The van der Waals surface area contributed by atoms with Crippen LogP contribution in [-0.2, 0) is 14.3 Å². The van der Waals surface area contributed by atoms with Crippen LogP contribution in [0, 0.1) is 0 Å². The van der Waals surface area contributed by atoms with E-state index in [2.05, 4.69) is 10.6 Å². The zero-order valence-corrected chi connectivity index (χ0v) is 11.6. The van der Waals surface area contributed by atoms with Crippen LogP contribution in [0.25, 0.3) is 0 Å². The largest absolute Gasteiger partial charge is 0.477 e. The van der Waals surface area contributed by atoms with E-state index in [4.69, 9.17) is 14.2 Å². The number of carbonyl (C=O) groups excluding carboxylic acids is 1. The lowest BCUT2D eigenvalue weighted by Gasteiger charge is -2.26. The molecule has 0 radical (unpaired) electrons. The summed E-state index contributed by atoms with van der Waals surface area (Å²) in [7, 11) is 1.62. The molecule has 110 valence electrons. The van der Waals surface area contributed by atoms with Crippen LogP contribution >= 0.6 is 0 Å². The Bertz CT molecular complexity index is 439. The fraction of sp³-hybridized carbons (Fsp3) is 0.500. The smallest absolute Gasteiger partial charge is 0.263 e. The van der Waals surface area contributed by atoms with Gasteiger partial charge in [0, 0.05) is 13.7 Å². The van der Waals surface area contributed by atoms with Crippen LogP contribution in [0.5, 0.6) is 5.75 Å². The van der Waals surface area contributed by atoms with Gasteiger partial charge in [-0.2, -0.15) is 0 Å². The molecule has 1 heterocycles. The van der Waals surface area contributed by atoms with Crippen molar-refractivity contribution in [3.8, 4) is 5.75 Å². The van der Waals surface area contributed by atoms with Gasteiger partial charge >= 0.3 is 0 Å². The minimum atomic E-state index is -0.510. The highest BCUT2D eigenvalue weighted by Gasteiger charge is 2.25. The van der Waals surface area contributed by atoms with Crippen LogP contribution < -0.4 is 15.4 Å². The fourth-order valence-corrected chi connectivity index (χ4v) is 1.86. The number of methoxy groups -OCH3 is 1. The maximum absolute atomic E-state index is 11.9. The fourth-order valence-electron chi connectivity index (χ4n) is 1.86. The molecule has 6 nitrogen and oxygen atoms in total. The minimum absolute atomic E-state index is 0.137. The maximum atomic E-state index is 11.9. The highest BCUT2D eigenvalue weighted by atomic mass is 16.5. The minimum Gasteiger partial charge on any atom is -0.477 e. The number of nitrogens with one attached hydrogen (secondary N) is 2. The maximum Gasteiger partial charge on any atom is 0.263 e. The third-order valence-electron chi connectivity index (χ3n) is 2.90. The first-order valence-electron chi connectivity index (χ1n) is 6.65. The molecule has 1 aliphatic rings. The Kier molecular flexibility index (Phi) is 5.64. The van der Waals surface area contributed by atoms with E-state index >= 15 is 0 Å². The highest BCUT2D eigenvalue weighted by molar-refractivity contribution is 5.83. The van der Waals surface area contributed by atoms with E-state index in [1.165, 1.54) is 0 Å². The number of ether oxygens (including phenoxy) is 3. The quantitative estimate of drug-likeness (QED) is 0.717. The van der Waals surface area contributed by atoms with Crippen LogP contribution in [0.2, 0.25) is 0 Å². The van der Waals surface area contributed by atoms with E-state index in [-0.39, 0.29) is 5.91 Å². The van der Waals surface area contributed by atoms with Crippen LogP contribution in [-0.4, -0.2) is 52.0 Å². The molecule has 1 aromatic carbocycles. The molecule has 0 saturated heterocycles. The number of hydrogen-bond acceptors (Lipinski definition) is 5. The molecule has 2 rings (SSSR count). The molecular weight excluding hydrogens is 260 g/mol. The number of anilines is 1. The van der Waals surface area contributed by atoms with Gasteiger partial charge in [0.1, 0.15) is 5.75 Å². The number of rotatable bonds is 7. The summed E-state index contributed by atoms with van der Waals surface area (Å²) in [5.41, 5.74) is 0.916. The second-order valence-electron chi connectivity index (χ2n) is 4.38. The average Bonchev–Trinajstić information content (AvgIpc) is 2.50. The van der Waals surface area contributed by atoms with Gasteiger partial charge in [-0.15, -0.1) is 0 Å². The van der Waals surface area contributed by atoms with Crippen molar-refractivity contribution in [2.45, 2.75) is 6.10 Å². The molecule has 0 saturated carbocycles. The predicted molar refractivity (Wildman–Crippen MR) is 75.1 cm³/mol. The summed E-state index contributed by atoms with van der Waals surface area (Å²) in [5, 5.41) is 5.97. The van der Waals surface area contributed by atoms with E-state index in [9.17, 15) is 4.79 Å². The van der Waals surface area contributed by atoms with Gasteiger partial charge in [-0.05, 0) is 12.1 Å². The second-order valence-corrected chi connectivity index (χ2v) is 4.38. The Labute approximate surface area is 118 Å². The van der Waals surface area contributed by atoms with Gasteiger partial charge < -0.3 is 24.8 Å². The molecule has 0 aliphatic carbocycles. The Hall–Kier alpha value is -1.79. The van der Waals surface area contributed by atoms with E-state index in [0.717, 1.165) is 5.69 Å². The first kappa shape index (κ1) is 14.6. The van der Waals surface area contributed by atoms with Crippen molar-refractivity contribution in [1.29, 1.82) is 0 Å². The second kappa shape index (κ2) is 7.72. The van der Waals surface area contributed by atoms with Crippen molar-refractivity contribution in [2.75, 3.05) is 45.3 Å². The lowest BCUT2D eigenvalue weighted by molar-refractivity contribution is -0.127. The monoisotopic (exact) mass is 280 g/mol. The van der Waals surface area contributed by atoms with Gasteiger partial charge in [-0.3, -0.25) is 4.79 Å². The van der Waals surface area contributed by atoms with Gasteiger partial charge in [0.05, 0.1) is 32.1 Å². The zero-order valence-electron chi connectivity index (χ0n) is 11.6. The molecule has 0 bridgehead atoms. The van der Waals surface area contributed by atoms with Crippen LogP contribution in [0.4, 0.5) is 5.69 Å². The van der Waals surface area contributed by atoms with Gasteiger partial charge in [-0.25, -0.2) is 0 Å². The van der Waals surface area contributed by atoms with Gasteiger partial charge in [0.2, 0.25) is 0 Å². The average molecular weight is 280 g/mol. The van der Waals surface area contributed by atoms with Crippen molar-refractivity contribution in [2.24, 2.45) is 0 Å². The summed E-state index contributed by atoms with van der Waals surface area (Å²) in [6, 6.07) is 7.57. The number of para-hydroxylation sites is 2. The van der Waals surface area contributed by atoms with Gasteiger partial charge in [0.25, 0.3) is 5.91 Å². The van der Waals surface area contributed by atoms with Gasteiger partial charge in [-0.1, -0.05) is 12.1 Å². The van der Waals surface area contributed by atoms with Crippen molar-refractivity contribution in [3.63, 3.8) is 0 Å². The Balaban J connectivity index is 1.69. The molecule has 0 fully saturated rings. The molecule has 1 amide bonds. The van der Waals surface area contributed by atoms with Crippen LogP contribution in [0.1, 0.15) is 0 Å². The first-order chi connectivity index (χ1) is 9.81. The number of carbonyl (C=O) groups is 1. The summed E-state index contributed by atoms with van der Waals surface area (Å²) in [6.07, 6.45) is -0.510. The molecule has 6 heteroatoms. The van der Waals surface area contributed by atoms with E-state index < -0.39 is 6.10 Å². The van der Waals surface area contributed by atoms with Crippen LogP contribution in [0.15, 0.2) is 24.3 Å². The number of benzene rings is 1. The van der Waals surface area contributed by atoms with Crippen molar-refractivity contribution >= 4 is 11.6 Å². The Morgan fingerprint density at radius 1 is 1.40 bits per heavy atom. The van der Waals surface area contributed by atoms with Crippen molar-refractivity contribution in [1.82, 2.24) is 5.32 Å². The third-order valence-corrected chi connectivity index (χ3v) is 2.90. The van der Waals surface area contributed by atoms with Crippen LogP contribution in [0.3, 0.4) is 0 Å². The Morgan fingerprint density at radius 2 is 2.25 bits per heavy atom. The Morgan fingerprint density at radius 3 is 3.10 bits per heavy atom. The van der Waals surface area contributed by atoms with Gasteiger partial charge in [0.15, 0.2) is 6.10 Å². The molecule has 20 heavy (non-hydrogen) atoms. The topological polar surface area (TPSA) is 68.8 Å². The van der Waals surface area contributed by atoms with Crippen molar-refractivity contribution < 1.29 is 19.0 Å². The number of amides is 1. The summed E-state index contributed by atoms with van der Waals surface area (Å²) in [4.78, 5) is 11.9.